The molecule has 2 fully saturated rings. The van der Waals surface area contributed by atoms with Crippen molar-refractivity contribution in [2.45, 2.75) is 41.3 Å². The van der Waals surface area contributed by atoms with Crippen molar-refractivity contribution in [3.05, 3.63) is 142 Å². The highest BCUT2D eigenvalue weighted by Crippen LogP contribution is 2.33. The summed E-state index contributed by atoms with van der Waals surface area (Å²) in [7, 11) is -4.29. The second-order valence-corrected chi connectivity index (χ2v) is 18.6. The Hall–Kier alpha value is -5.29. The van der Waals surface area contributed by atoms with Crippen LogP contribution >= 0.6 is 23.4 Å². The van der Waals surface area contributed by atoms with E-state index in [9.17, 15) is 23.6 Å². The number of nitro groups is 1. The molecule has 2 saturated heterocycles. The lowest BCUT2D eigenvalue weighted by atomic mass is 9.99. The van der Waals surface area contributed by atoms with Gasteiger partial charge in [-0.2, -0.15) is 0 Å². The maximum Gasteiger partial charge on any atom is 0.293 e. The lowest BCUT2D eigenvalue weighted by Crippen LogP contribution is -2.46. The molecule has 0 spiro atoms. The summed E-state index contributed by atoms with van der Waals surface area (Å²) in [5.41, 5.74) is 5.00. The Bertz CT molecular complexity index is 2580. The molecule has 0 radical (unpaired) electrons. The van der Waals surface area contributed by atoms with Crippen LogP contribution in [-0.2, 0) is 16.6 Å². The van der Waals surface area contributed by atoms with Crippen LogP contribution in [0.5, 0.6) is 0 Å². The Morgan fingerprint density at radius 2 is 1.66 bits per heavy atom. The van der Waals surface area contributed by atoms with Crippen LogP contribution in [0.3, 0.4) is 0 Å². The number of nitrogens with one attached hydrogen (secondary N) is 2. The van der Waals surface area contributed by atoms with E-state index >= 15 is 0 Å². The summed E-state index contributed by atoms with van der Waals surface area (Å²) >= 11 is 7.78. The number of aromatic nitrogens is 2. The second-order valence-electron chi connectivity index (χ2n) is 15.4. The molecule has 0 bridgehead atoms. The zero-order chi connectivity index (χ0) is 42.3. The molecule has 8 rings (SSSR count). The number of likely N-dealkylation sites (tertiary alicyclic amines) is 1. The van der Waals surface area contributed by atoms with Crippen molar-refractivity contribution in [2.75, 3.05) is 66.5 Å². The van der Waals surface area contributed by atoms with Gasteiger partial charge in [-0.05, 0) is 84.1 Å². The van der Waals surface area contributed by atoms with E-state index in [1.54, 1.807) is 11.8 Å². The van der Waals surface area contributed by atoms with Crippen molar-refractivity contribution >= 4 is 67.2 Å². The maximum absolute atomic E-state index is 13.8. The summed E-state index contributed by atoms with van der Waals surface area (Å²) in [5, 5.41) is 27.0. The number of β-amino-alcohol motifs (C(OH)–C–C–N with tert-alkyl or cyclic N) is 1. The fourth-order valence-corrected chi connectivity index (χ4v) is 10.1. The zero-order valence-electron chi connectivity index (χ0n) is 33.4. The summed E-state index contributed by atoms with van der Waals surface area (Å²) in [4.78, 5) is 28.3. The molecule has 6 aromatic rings. The van der Waals surface area contributed by atoms with Gasteiger partial charge in [0.15, 0.2) is 5.82 Å². The number of fused-ring (bicyclic) bond motifs is 1. The zero-order valence-corrected chi connectivity index (χ0v) is 35.8. The SMILES string of the molecule is O=[N+]([O-])c1cc(S(=O)(=O)Nc2ncnc3cc(N4CCN(Cc5ccccc5-c5ccc(Cl)cc5)CC4)ccc23)ccc1NC(CCN1CCC(O)C1)CSc1ccccc1. The van der Waals surface area contributed by atoms with Crippen LogP contribution in [0.2, 0.25) is 5.02 Å². The lowest BCUT2D eigenvalue weighted by Gasteiger charge is -2.36. The highest BCUT2D eigenvalue weighted by atomic mass is 35.5. The third kappa shape index (κ3) is 10.6. The van der Waals surface area contributed by atoms with Gasteiger partial charge >= 0.3 is 0 Å². The van der Waals surface area contributed by atoms with Gasteiger partial charge in [-0.15, -0.1) is 11.8 Å². The summed E-state index contributed by atoms with van der Waals surface area (Å²) in [6.45, 7) is 6.25. The van der Waals surface area contributed by atoms with E-state index in [1.807, 2.05) is 60.7 Å². The molecule has 2 unspecified atom stereocenters. The number of anilines is 3. The summed E-state index contributed by atoms with van der Waals surface area (Å²) in [6, 6.07) is 35.7. The first-order chi connectivity index (χ1) is 29.6. The number of halogens is 1. The normalized spacial score (nSPS) is 16.8. The first-order valence-corrected chi connectivity index (χ1v) is 23.1. The topological polar surface area (TPSA) is 157 Å². The molecule has 1 aromatic heterocycles. The number of aliphatic hydroxyl groups excluding tert-OH is 1. The van der Waals surface area contributed by atoms with Gasteiger partial charge in [-0.1, -0.05) is 66.2 Å². The van der Waals surface area contributed by atoms with Gasteiger partial charge in [-0.3, -0.25) is 19.7 Å². The quantitative estimate of drug-likeness (QED) is 0.0490. The number of thioether (sulfide) groups is 1. The minimum absolute atomic E-state index is 0.0793. The van der Waals surface area contributed by atoms with Crippen molar-refractivity contribution in [2.24, 2.45) is 0 Å². The van der Waals surface area contributed by atoms with Gasteiger partial charge in [0, 0.05) is 91.2 Å². The van der Waals surface area contributed by atoms with Crippen LogP contribution in [0.25, 0.3) is 22.0 Å². The van der Waals surface area contributed by atoms with Crippen LogP contribution in [0, 0.1) is 10.1 Å². The minimum atomic E-state index is -4.29. The first kappa shape index (κ1) is 42.4. The molecule has 13 nitrogen and oxygen atoms in total. The predicted octanol–water partition coefficient (Wildman–Crippen LogP) is 8.01. The Kier molecular flexibility index (Phi) is 13.3. The molecule has 3 N–H and O–H groups in total. The summed E-state index contributed by atoms with van der Waals surface area (Å²) in [5.74, 6) is 0.703. The summed E-state index contributed by atoms with van der Waals surface area (Å²) in [6.07, 6.45) is 2.36. The van der Waals surface area contributed by atoms with E-state index in [0.717, 1.165) is 67.9 Å². The molecule has 16 heteroatoms. The third-order valence-corrected chi connectivity index (χ3v) is 14.0. The summed E-state index contributed by atoms with van der Waals surface area (Å²) < 4.78 is 30.2. The van der Waals surface area contributed by atoms with Crippen molar-refractivity contribution in [3.63, 3.8) is 0 Å². The molecule has 0 saturated carbocycles. The Balaban J connectivity index is 0.934. The second kappa shape index (κ2) is 19.2. The number of sulfonamides is 1. The largest absolute Gasteiger partial charge is 0.392 e. The van der Waals surface area contributed by atoms with Crippen LogP contribution in [0.4, 0.5) is 22.9 Å². The number of hydrogen-bond acceptors (Lipinski definition) is 12. The number of nitro benzene ring substituents is 1. The molecular formula is C45H47ClN8O5S2. The van der Waals surface area contributed by atoms with Crippen molar-refractivity contribution in [1.82, 2.24) is 19.8 Å². The number of aliphatic hydroxyl groups is 1. The van der Waals surface area contributed by atoms with Crippen LogP contribution in [-0.4, -0.2) is 102 Å². The van der Waals surface area contributed by atoms with Gasteiger partial charge < -0.3 is 20.2 Å². The van der Waals surface area contributed by atoms with Gasteiger partial charge in [0.05, 0.1) is 21.4 Å². The number of rotatable bonds is 16. The van der Waals surface area contributed by atoms with Gasteiger partial charge in [-0.25, -0.2) is 18.4 Å². The molecule has 2 aliphatic rings. The first-order valence-electron chi connectivity index (χ1n) is 20.3. The number of benzene rings is 5. The lowest BCUT2D eigenvalue weighted by molar-refractivity contribution is -0.384. The maximum atomic E-state index is 13.8. The molecule has 61 heavy (non-hydrogen) atoms. The van der Waals surface area contributed by atoms with E-state index in [4.69, 9.17) is 11.6 Å². The van der Waals surface area contributed by atoms with Gasteiger partial charge in [0.1, 0.15) is 12.0 Å². The van der Waals surface area contributed by atoms with Gasteiger partial charge in [0.2, 0.25) is 0 Å². The van der Waals surface area contributed by atoms with Crippen molar-refractivity contribution in [1.29, 1.82) is 0 Å². The van der Waals surface area contributed by atoms with Gasteiger partial charge in [0.25, 0.3) is 15.7 Å². The monoisotopic (exact) mass is 878 g/mol. The van der Waals surface area contributed by atoms with E-state index in [0.29, 0.717) is 41.2 Å². The Morgan fingerprint density at radius 3 is 2.41 bits per heavy atom. The van der Waals surface area contributed by atoms with E-state index < -0.39 is 14.9 Å². The molecule has 0 aliphatic carbocycles. The number of piperazine rings is 1. The number of hydrogen-bond donors (Lipinski definition) is 3. The molecule has 0 amide bonds. The van der Waals surface area contributed by atoms with Crippen LogP contribution < -0.4 is 14.9 Å². The average Bonchev–Trinajstić information content (AvgIpc) is 3.70. The molecule has 316 valence electrons. The molecule has 2 aliphatic heterocycles. The smallest absolute Gasteiger partial charge is 0.293 e. The Labute approximate surface area is 365 Å². The third-order valence-electron chi connectivity index (χ3n) is 11.2. The molecule has 3 heterocycles. The van der Waals surface area contributed by atoms with Crippen LogP contribution in [0.15, 0.2) is 131 Å². The van der Waals surface area contributed by atoms with E-state index in [-0.39, 0.29) is 34.2 Å². The van der Waals surface area contributed by atoms with E-state index in [1.165, 1.54) is 29.6 Å². The molecule has 5 aromatic carbocycles. The van der Waals surface area contributed by atoms with E-state index in [2.05, 4.69) is 71.1 Å². The van der Waals surface area contributed by atoms with Crippen molar-refractivity contribution < 1.29 is 18.4 Å². The fraction of sp³-hybridized carbons (Fsp3) is 0.289. The average molecular weight is 880 g/mol. The fourth-order valence-electron chi connectivity index (χ4n) is 7.92. The number of nitrogens with zero attached hydrogens (tertiary/aromatic N) is 6. The minimum Gasteiger partial charge on any atom is -0.392 e. The predicted molar refractivity (Wildman–Crippen MR) is 244 cm³/mol. The Morgan fingerprint density at radius 1 is 0.885 bits per heavy atom. The standard InChI is InChI=1S/C45H47ClN8O5S2/c46-34-12-10-32(11-13-34)40-9-5-4-6-33(40)28-52-22-24-53(25-23-52)36-14-16-41-43(26-36)47-31-48-45(41)50-61(58,59)39-15-17-42(44(27-39)54(56)57)49-35(18-20-51-21-19-37(55)29-51)30-60-38-7-2-1-3-8-38/h1-17,26-27,31,35,37,49,55H,18-25,28-30H2,(H,47,48,50). The van der Waals surface area contributed by atoms with Crippen LogP contribution in [0.1, 0.15) is 18.4 Å². The molecule has 2 atom stereocenters. The molecular weight excluding hydrogens is 832 g/mol. The van der Waals surface area contributed by atoms with Crippen molar-refractivity contribution in [3.8, 4) is 11.1 Å². The highest BCUT2D eigenvalue weighted by molar-refractivity contribution is 7.99. The highest BCUT2D eigenvalue weighted by Gasteiger charge is 2.26.